The van der Waals surface area contributed by atoms with Crippen molar-refractivity contribution in [1.29, 1.82) is 0 Å². The first-order valence-corrected chi connectivity index (χ1v) is 11.5. The maximum absolute atomic E-state index is 12.8. The molecule has 4 heterocycles. The topological polar surface area (TPSA) is 142 Å². The quantitative estimate of drug-likeness (QED) is 0.343. The van der Waals surface area contributed by atoms with Gasteiger partial charge < -0.3 is 24.6 Å². The van der Waals surface area contributed by atoms with Crippen LogP contribution in [0.5, 0.6) is 5.75 Å². The van der Waals surface area contributed by atoms with E-state index in [0.29, 0.717) is 43.1 Å². The molecule has 0 aliphatic carbocycles. The number of ether oxygens (including phenoxy) is 2. The van der Waals surface area contributed by atoms with Crippen LogP contribution in [0.4, 0.5) is 16.8 Å². The third kappa shape index (κ3) is 4.20. The first-order chi connectivity index (χ1) is 16.6. The predicted molar refractivity (Wildman–Crippen MR) is 125 cm³/mol. The summed E-state index contributed by atoms with van der Waals surface area (Å²) in [4.78, 5) is 41.2. The van der Waals surface area contributed by atoms with Crippen LogP contribution in [-0.4, -0.2) is 78.5 Å². The smallest absolute Gasteiger partial charge is 0.277 e. The molecule has 2 amide bonds. The average molecular weight is 486 g/mol. The number of hydroxylamine groups is 1. The van der Waals surface area contributed by atoms with Gasteiger partial charge in [-0.1, -0.05) is 11.3 Å². The number of thiazole rings is 1. The van der Waals surface area contributed by atoms with Crippen LogP contribution < -0.4 is 25.3 Å². The Kier molecular flexibility index (Phi) is 6.13. The van der Waals surface area contributed by atoms with E-state index in [9.17, 15) is 9.59 Å². The molecule has 2 aliphatic heterocycles. The van der Waals surface area contributed by atoms with E-state index >= 15 is 0 Å². The lowest BCUT2D eigenvalue weighted by molar-refractivity contribution is -0.120. The molecular formula is C21H23N7O5S. The summed E-state index contributed by atoms with van der Waals surface area (Å²) >= 11 is 1.43. The van der Waals surface area contributed by atoms with Gasteiger partial charge >= 0.3 is 0 Å². The Morgan fingerprint density at radius 2 is 1.91 bits per heavy atom. The van der Waals surface area contributed by atoms with E-state index in [0.717, 1.165) is 29.0 Å². The van der Waals surface area contributed by atoms with Crippen molar-refractivity contribution < 1.29 is 24.3 Å². The number of anilines is 3. The number of amides is 2. The fraction of sp³-hybridized carbons (Fsp3) is 0.381. The second kappa shape index (κ2) is 9.37. The van der Waals surface area contributed by atoms with Crippen LogP contribution in [0, 0.1) is 5.92 Å². The van der Waals surface area contributed by atoms with Crippen LogP contribution in [0.3, 0.4) is 0 Å². The fourth-order valence-electron chi connectivity index (χ4n) is 3.92. The number of hydrogen-bond donors (Lipinski definition) is 3. The summed E-state index contributed by atoms with van der Waals surface area (Å²) in [5, 5.41) is 12.1. The summed E-state index contributed by atoms with van der Waals surface area (Å²) < 4.78 is 11.9. The van der Waals surface area contributed by atoms with E-state index in [1.54, 1.807) is 7.11 Å². The monoisotopic (exact) mass is 485 g/mol. The summed E-state index contributed by atoms with van der Waals surface area (Å²) in [6, 6.07) is 3.92. The largest absolute Gasteiger partial charge is 0.494 e. The number of fused-ring (bicyclic) bond motifs is 1. The van der Waals surface area contributed by atoms with Crippen LogP contribution in [0.1, 0.15) is 10.4 Å². The number of nitrogens with zero attached hydrogens (tertiary/aromatic N) is 5. The Labute approximate surface area is 198 Å². The van der Waals surface area contributed by atoms with E-state index in [4.69, 9.17) is 14.7 Å². The third-order valence-corrected chi connectivity index (χ3v) is 6.82. The number of rotatable bonds is 6. The first kappa shape index (κ1) is 22.3. The standard InChI is InChI=1S/C21H23N7O5S/c1-32-15-3-2-14(27-4-6-33-7-5-27)17-16(15)24-21(34-17)25-18(29)13-10-28(11-13)20-22-8-12(9-23-20)19(30)26-31/h2-3,8-9,13,31H,4-7,10-11H2,1H3,(H,26,30)(H,24,25,29). The molecule has 13 heteroatoms. The Morgan fingerprint density at radius 3 is 2.59 bits per heavy atom. The maximum Gasteiger partial charge on any atom is 0.277 e. The van der Waals surface area contributed by atoms with Crippen molar-refractivity contribution >= 4 is 50.1 Å². The van der Waals surface area contributed by atoms with E-state index in [1.165, 1.54) is 29.2 Å². The predicted octanol–water partition coefficient (Wildman–Crippen LogP) is 1.13. The maximum atomic E-state index is 12.8. The van der Waals surface area contributed by atoms with Crippen LogP contribution in [0.15, 0.2) is 24.5 Å². The minimum absolute atomic E-state index is 0.126. The molecule has 2 saturated heterocycles. The zero-order valence-corrected chi connectivity index (χ0v) is 19.2. The Hall–Kier alpha value is -3.55. The number of morpholine rings is 1. The number of carbonyl (C=O) groups excluding carboxylic acids is 2. The fourth-order valence-corrected chi connectivity index (χ4v) is 4.95. The lowest BCUT2D eigenvalue weighted by Gasteiger charge is -2.37. The van der Waals surface area contributed by atoms with Crippen LogP contribution in [-0.2, 0) is 9.53 Å². The highest BCUT2D eigenvalue weighted by Crippen LogP contribution is 2.40. The number of benzene rings is 1. The van der Waals surface area contributed by atoms with Gasteiger partial charge in [-0.05, 0) is 12.1 Å². The molecule has 2 aliphatic rings. The van der Waals surface area contributed by atoms with Gasteiger partial charge in [-0.2, -0.15) is 0 Å². The van der Waals surface area contributed by atoms with Crippen molar-refractivity contribution in [2.75, 3.05) is 61.6 Å². The zero-order valence-electron chi connectivity index (χ0n) is 18.4. The molecule has 0 atom stereocenters. The van der Waals surface area contributed by atoms with Crippen molar-refractivity contribution in [2.24, 2.45) is 5.92 Å². The van der Waals surface area contributed by atoms with Gasteiger partial charge in [0.25, 0.3) is 5.91 Å². The molecule has 3 aromatic rings. The van der Waals surface area contributed by atoms with Crippen LogP contribution in [0.2, 0.25) is 0 Å². The van der Waals surface area contributed by atoms with E-state index in [-0.39, 0.29) is 17.4 Å². The molecule has 12 nitrogen and oxygen atoms in total. The van der Waals surface area contributed by atoms with Crippen molar-refractivity contribution in [1.82, 2.24) is 20.4 Å². The van der Waals surface area contributed by atoms with Crippen molar-refractivity contribution in [3.05, 3.63) is 30.1 Å². The summed E-state index contributed by atoms with van der Waals surface area (Å²) in [5.41, 5.74) is 3.46. The van der Waals surface area contributed by atoms with E-state index < -0.39 is 5.91 Å². The minimum atomic E-state index is -0.684. The van der Waals surface area contributed by atoms with Crippen molar-refractivity contribution in [2.45, 2.75) is 0 Å². The zero-order chi connectivity index (χ0) is 23.7. The molecule has 178 valence electrons. The molecule has 0 bridgehead atoms. The summed E-state index contributed by atoms with van der Waals surface area (Å²) in [6.45, 7) is 3.85. The van der Waals surface area contributed by atoms with Crippen LogP contribution >= 0.6 is 11.3 Å². The third-order valence-electron chi connectivity index (χ3n) is 5.82. The Bertz CT molecular complexity index is 1210. The van der Waals surface area contributed by atoms with Crippen molar-refractivity contribution in [3.63, 3.8) is 0 Å². The van der Waals surface area contributed by atoms with Crippen molar-refractivity contribution in [3.8, 4) is 5.75 Å². The number of hydrogen-bond acceptors (Lipinski definition) is 11. The second-order valence-electron chi connectivity index (χ2n) is 7.89. The number of aromatic nitrogens is 3. The summed E-state index contributed by atoms with van der Waals surface area (Å²) in [7, 11) is 1.61. The van der Waals surface area contributed by atoms with Gasteiger partial charge in [0, 0.05) is 38.6 Å². The van der Waals surface area contributed by atoms with Gasteiger partial charge in [-0.3, -0.25) is 14.8 Å². The number of methoxy groups -OCH3 is 1. The van der Waals surface area contributed by atoms with Gasteiger partial charge in [0.1, 0.15) is 11.3 Å². The molecule has 0 spiro atoms. The van der Waals surface area contributed by atoms with Gasteiger partial charge in [-0.15, -0.1) is 0 Å². The highest BCUT2D eigenvalue weighted by Gasteiger charge is 2.35. The van der Waals surface area contributed by atoms with Gasteiger partial charge in [0.2, 0.25) is 11.9 Å². The van der Waals surface area contributed by atoms with Gasteiger partial charge in [0.05, 0.1) is 42.2 Å². The molecular weight excluding hydrogens is 462 g/mol. The summed E-state index contributed by atoms with van der Waals surface area (Å²) in [5.74, 6) is 0.0271. The lowest BCUT2D eigenvalue weighted by Crippen LogP contribution is -2.52. The average Bonchev–Trinajstić information content (AvgIpc) is 3.26. The molecule has 0 saturated carbocycles. The SMILES string of the molecule is COc1ccc(N2CCOCC2)c2sc(NC(=O)C3CN(c4ncc(C(=O)NO)cn4)C3)nc12. The molecule has 2 aromatic heterocycles. The molecule has 0 radical (unpaired) electrons. The van der Waals surface area contributed by atoms with E-state index in [1.807, 2.05) is 17.0 Å². The normalized spacial score (nSPS) is 16.3. The van der Waals surface area contributed by atoms with E-state index in [2.05, 4.69) is 25.2 Å². The molecule has 0 unspecified atom stereocenters. The van der Waals surface area contributed by atoms with Crippen LogP contribution in [0.25, 0.3) is 10.2 Å². The molecule has 2 fully saturated rings. The number of nitrogens with one attached hydrogen (secondary N) is 2. The molecule has 34 heavy (non-hydrogen) atoms. The van der Waals surface area contributed by atoms with Gasteiger partial charge in [-0.25, -0.2) is 20.4 Å². The highest BCUT2D eigenvalue weighted by atomic mass is 32.1. The molecule has 3 N–H and O–H groups in total. The summed E-state index contributed by atoms with van der Waals surface area (Å²) in [6.07, 6.45) is 2.64. The number of carbonyl (C=O) groups is 2. The molecule has 5 rings (SSSR count). The first-order valence-electron chi connectivity index (χ1n) is 10.7. The Balaban J connectivity index is 1.26. The molecule has 1 aromatic carbocycles. The van der Waals surface area contributed by atoms with Gasteiger partial charge in [0.15, 0.2) is 5.13 Å². The Morgan fingerprint density at radius 1 is 1.18 bits per heavy atom. The lowest BCUT2D eigenvalue weighted by atomic mass is 10.00. The highest BCUT2D eigenvalue weighted by molar-refractivity contribution is 7.23. The second-order valence-corrected chi connectivity index (χ2v) is 8.89. The minimum Gasteiger partial charge on any atom is -0.494 e.